The van der Waals surface area contributed by atoms with Gasteiger partial charge in [-0.2, -0.15) is 0 Å². The van der Waals surface area contributed by atoms with E-state index < -0.39 is 8.29 Å². The Morgan fingerprint density at radius 1 is 1.22 bits per heavy atom. The summed E-state index contributed by atoms with van der Waals surface area (Å²) in [6.07, 6.45) is 20.5. The van der Waals surface area contributed by atoms with Crippen LogP contribution in [0.4, 0.5) is 0 Å². The number of pyridine rings is 1. The summed E-state index contributed by atoms with van der Waals surface area (Å²) in [7, 11) is -1.91. The van der Waals surface area contributed by atoms with Crippen molar-refractivity contribution in [2.75, 3.05) is 37.8 Å². The first kappa shape index (κ1) is 15.0. The highest BCUT2D eigenvalue weighted by Gasteiger charge is 2.32. The molecule has 0 spiro atoms. The summed E-state index contributed by atoms with van der Waals surface area (Å²) in [6, 6.07) is 3.93. The van der Waals surface area contributed by atoms with Crippen LogP contribution in [0.3, 0.4) is 0 Å². The number of nitrogens with zero attached hydrogens (tertiary/aromatic N) is 2. The number of hydrogen-bond acceptors (Lipinski definition) is 2. The molecular formula is C15H26N2S. The lowest BCUT2D eigenvalue weighted by Crippen LogP contribution is -2.25. The van der Waals surface area contributed by atoms with E-state index >= 15 is 0 Å². The Morgan fingerprint density at radius 3 is 2.50 bits per heavy atom. The molecule has 2 nitrogen and oxygen atoms in total. The maximum absolute atomic E-state index is 4.40. The van der Waals surface area contributed by atoms with Crippen LogP contribution in [-0.4, -0.2) is 49.0 Å². The van der Waals surface area contributed by atoms with Gasteiger partial charge in [-0.05, 0) is 43.8 Å². The van der Waals surface area contributed by atoms with Crippen molar-refractivity contribution in [3.05, 3.63) is 41.6 Å². The van der Waals surface area contributed by atoms with Gasteiger partial charge < -0.3 is 0 Å². The highest BCUT2D eigenvalue weighted by molar-refractivity contribution is 8.64. The molecule has 1 aromatic heterocycles. The molecule has 102 valence electrons. The largest absolute Gasteiger partial charge is 0.292 e. The van der Waals surface area contributed by atoms with Crippen LogP contribution in [0.1, 0.15) is 12.0 Å². The molecule has 0 fully saturated rings. The van der Waals surface area contributed by atoms with E-state index in [0.717, 1.165) is 18.5 Å². The van der Waals surface area contributed by atoms with Crippen molar-refractivity contribution in [1.29, 1.82) is 0 Å². The molecule has 0 saturated carbocycles. The first-order valence-corrected chi connectivity index (χ1v) is 10.7. The van der Waals surface area contributed by atoms with E-state index in [1.54, 1.807) is 6.20 Å². The molecule has 0 aliphatic carbocycles. The van der Waals surface area contributed by atoms with E-state index in [1.807, 2.05) is 24.5 Å². The molecule has 0 amide bonds. The number of hydrogen-bond donors (Lipinski definition) is 0. The molecule has 18 heavy (non-hydrogen) atoms. The van der Waals surface area contributed by atoms with Gasteiger partial charge in [-0.3, -0.25) is 18.3 Å². The number of aromatic nitrogens is 1. The minimum atomic E-state index is -1.91. The van der Waals surface area contributed by atoms with E-state index in [0.29, 0.717) is 0 Å². The fourth-order valence-electron chi connectivity index (χ4n) is 1.32. The molecule has 0 atom stereocenters. The summed E-state index contributed by atoms with van der Waals surface area (Å²) in [6.45, 7) is 0.833. The van der Waals surface area contributed by atoms with E-state index in [9.17, 15) is 0 Å². The molecule has 1 rings (SSSR count). The van der Waals surface area contributed by atoms with Crippen molar-refractivity contribution in [1.82, 2.24) is 4.98 Å². The standard InChI is InChI=1S/C15H26N2S/c1-18(2,3,4,5)12-7-6-10-16-13-15-9-8-11-17-14-15/h7-9,11-14H,6,10H2,1-5H3/b12-7+,16-13?. The third kappa shape index (κ3) is 8.07. The van der Waals surface area contributed by atoms with Crippen molar-refractivity contribution >= 4 is 14.5 Å². The van der Waals surface area contributed by atoms with Crippen molar-refractivity contribution in [3.63, 3.8) is 0 Å². The van der Waals surface area contributed by atoms with Gasteiger partial charge in [-0.25, -0.2) is 0 Å². The van der Waals surface area contributed by atoms with Crippen LogP contribution >= 0.6 is 8.29 Å². The van der Waals surface area contributed by atoms with Gasteiger partial charge in [0.25, 0.3) is 0 Å². The molecule has 0 aromatic carbocycles. The Kier molecular flexibility index (Phi) is 3.78. The lowest BCUT2D eigenvalue weighted by molar-refractivity contribution is 1.01. The first-order valence-electron chi connectivity index (χ1n) is 6.14. The Hall–Kier alpha value is -1.09. The summed E-state index contributed by atoms with van der Waals surface area (Å²) >= 11 is 0. The fourth-order valence-corrected chi connectivity index (χ4v) is 2.42. The molecule has 3 heteroatoms. The summed E-state index contributed by atoms with van der Waals surface area (Å²) in [5, 5.41) is 2.39. The zero-order valence-corrected chi connectivity index (χ0v) is 13.1. The second-order valence-electron chi connectivity index (χ2n) is 7.74. The van der Waals surface area contributed by atoms with Gasteiger partial charge in [0, 0.05) is 30.7 Å². The highest BCUT2D eigenvalue weighted by atomic mass is 32.4. The van der Waals surface area contributed by atoms with E-state index in [2.05, 4.69) is 52.7 Å². The molecule has 0 saturated heterocycles. The average molecular weight is 266 g/mol. The molecule has 0 radical (unpaired) electrons. The summed E-state index contributed by atoms with van der Waals surface area (Å²) in [5.74, 6) is 0. The topological polar surface area (TPSA) is 25.2 Å². The molecule has 0 aliphatic heterocycles. The van der Waals surface area contributed by atoms with Crippen LogP contribution in [0, 0.1) is 0 Å². The van der Waals surface area contributed by atoms with Crippen molar-refractivity contribution < 1.29 is 0 Å². The molecule has 0 unspecified atom stereocenters. The van der Waals surface area contributed by atoms with Crippen LogP contribution in [0.5, 0.6) is 0 Å². The molecule has 1 heterocycles. The summed E-state index contributed by atoms with van der Waals surface area (Å²) in [5.41, 5.74) is 1.06. The Morgan fingerprint density at radius 2 is 1.94 bits per heavy atom. The van der Waals surface area contributed by atoms with Crippen molar-refractivity contribution in [2.45, 2.75) is 6.42 Å². The number of rotatable bonds is 5. The third-order valence-electron chi connectivity index (χ3n) is 2.13. The first-order chi connectivity index (χ1) is 8.05. The molecule has 0 aliphatic rings. The monoisotopic (exact) mass is 266 g/mol. The second kappa shape index (κ2) is 4.54. The van der Waals surface area contributed by atoms with Gasteiger partial charge in [-0.1, -0.05) is 17.6 Å². The smallest absolute Gasteiger partial charge is 0.0424 e. The Bertz CT molecular complexity index is 438. The zero-order valence-electron chi connectivity index (χ0n) is 12.3. The molecule has 0 N–H and O–H groups in total. The quantitative estimate of drug-likeness (QED) is 0.592. The predicted molar refractivity (Wildman–Crippen MR) is 87.7 cm³/mol. The lowest BCUT2D eigenvalue weighted by Gasteiger charge is -2.63. The van der Waals surface area contributed by atoms with Crippen LogP contribution in [-0.2, 0) is 0 Å². The third-order valence-corrected chi connectivity index (χ3v) is 3.68. The van der Waals surface area contributed by atoms with Crippen LogP contribution in [0.2, 0.25) is 0 Å². The maximum atomic E-state index is 4.40. The minimum absolute atomic E-state index is 0.833. The van der Waals surface area contributed by atoms with Gasteiger partial charge in [0.15, 0.2) is 0 Å². The van der Waals surface area contributed by atoms with Gasteiger partial charge in [0.05, 0.1) is 0 Å². The minimum Gasteiger partial charge on any atom is -0.292 e. The second-order valence-corrected chi connectivity index (χ2v) is 18.5. The van der Waals surface area contributed by atoms with Crippen LogP contribution in [0.25, 0.3) is 0 Å². The fraction of sp³-hybridized carbons (Fsp3) is 0.467. The normalized spacial score (nSPS) is 16.9. The molecular weight excluding hydrogens is 240 g/mol. The summed E-state index contributed by atoms with van der Waals surface area (Å²) < 4.78 is 0. The number of aliphatic imine (C=N–C) groups is 1. The molecule has 1 aromatic rings. The average Bonchev–Trinajstić information content (AvgIpc) is 2.21. The summed E-state index contributed by atoms with van der Waals surface area (Å²) in [4.78, 5) is 8.45. The predicted octanol–water partition coefficient (Wildman–Crippen LogP) is 3.43. The van der Waals surface area contributed by atoms with E-state index in [4.69, 9.17) is 0 Å². The maximum Gasteiger partial charge on any atom is 0.0424 e. The zero-order chi connectivity index (χ0) is 13.8. The molecule has 0 bridgehead atoms. The van der Waals surface area contributed by atoms with Gasteiger partial charge in [0.2, 0.25) is 0 Å². The van der Waals surface area contributed by atoms with E-state index in [-0.39, 0.29) is 0 Å². The Balaban J connectivity index is 2.41. The van der Waals surface area contributed by atoms with Crippen LogP contribution in [0.15, 0.2) is 41.0 Å². The van der Waals surface area contributed by atoms with Crippen molar-refractivity contribution in [3.8, 4) is 0 Å². The lowest BCUT2D eigenvalue weighted by atomic mass is 10.3. The van der Waals surface area contributed by atoms with E-state index in [1.165, 1.54) is 0 Å². The SMILES string of the molecule is CS(C)(C)(C)(C)/C=C/CCN=Cc1cccnc1. The van der Waals surface area contributed by atoms with Crippen molar-refractivity contribution in [2.24, 2.45) is 4.99 Å². The van der Waals surface area contributed by atoms with Crippen LogP contribution < -0.4 is 0 Å². The Labute approximate surface area is 111 Å². The van der Waals surface area contributed by atoms with Gasteiger partial charge >= 0.3 is 0 Å². The van der Waals surface area contributed by atoms with Gasteiger partial charge in [-0.15, -0.1) is 0 Å². The van der Waals surface area contributed by atoms with Gasteiger partial charge in [0.1, 0.15) is 0 Å². The highest BCUT2D eigenvalue weighted by Crippen LogP contribution is 2.76.